The van der Waals surface area contributed by atoms with Gasteiger partial charge in [-0.1, -0.05) is 83.9 Å². The third kappa shape index (κ3) is 6.21. The van der Waals surface area contributed by atoms with Gasteiger partial charge in [0.25, 0.3) is 0 Å². The Bertz CT molecular complexity index is 1100. The number of hydrogen-bond acceptors (Lipinski definition) is 3. The van der Waals surface area contributed by atoms with Crippen LogP contribution in [0.2, 0.25) is 10.0 Å². The molecular weight excluding hydrogens is 443 g/mol. The van der Waals surface area contributed by atoms with Gasteiger partial charge in [0, 0.05) is 28.0 Å². The highest BCUT2D eigenvalue weighted by Gasteiger charge is 2.16. The first-order valence-corrected chi connectivity index (χ1v) is 11.2. The number of benzene rings is 3. The summed E-state index contributed by atoms with van der Waals surface area (Å²) in [4.78, 5) is 4.10. The predicted octanol–water partition coefficient (Wildman–Crippen LogP) is 6.83. The minimum Gasteiger partial charge on any atom is -0.374 e. The van der Waals surface area contributed by atoms with Crippen molar-refractivity contribution in [3.63, 3.8) is 0 Å². The van der Waals surface area contributed by atoms with Crippen LogP contribution in [0.15, 0.2) is 91.5 Å². The fourth-order valence-electron chi connectivity index (χ4n) is 3.45. The molecule has 4 rings (SSSR count). The van der Waals surface area contributed by atoms with Crippen molar-refractivity contribution in [2.45, 2.75) is 19.3 Å². The van der Waals surface area contributed by atoms with Gasteiger partial charge in [-0.05, 0) is 28.8 Å². The van der Waals surface area contributed by atoms with Gasteiger partial charge in [0.1, 0.15) is 6.10 Å². The smallest absolute Gasteiger partial charge is 0.102 e. The second-order valence-corrected chi connectivity index (χ2v) is 8.24. The lowest BCUT2D eigenvalue weighted by Crippen LogP contribution is -2.15. The Morgan fingerprint density at radius 2 is 1.66 bits per heavy atom. The Labute approximate surface area is 198 Å². The van der Waals surface area contributed by atoms with E-state index in [2.05, 4.69) is 41.4 Å². The number of hydrogen-bond donors (Lipinski definition) is 0. The molecule has 0 saturated heterocycles. The Morgan fingerprint density at radius 3 is 2.38 bits per heavy atom. The van der Waals surface area contributed by atoms with E-state index in [0.29, 0.717) is 36.4 Å². The zero-order valence-electron chi connectivity index (χ0n) is 17.5. The van der Waals surface area contributed by atoms with Crippen LogP contribution >= 0.6 is 23.2 Å². The molecule has 0 fully saturated rings. The summed E-state index contributed by atoms with van der Waals surface area (Å²) < 4.78 is 13.9. The van der Waals surface area contributed by atoms with Crippen molar-refractivity contribution in [1.29, 1.82) is 0 Å². The van der Waals surface area contributed by atoms with Crippen LogP contribution in [-0.4, -0.2) is 22.8 Å². The average molecular weight is 467 g/mol. The standard InChI is InChI=1S/C26H24Cl2N2O2/c27-23-10-11-24(25(28)16-23)26(17-30-13-12-29-19-30)32-15-14-31-18-20-6-8-22(9-7-20)21-4-2-1-3-5-21/h1-13,16,19,26H,14-15,17-18H2. The molecule has 1 aromatic heterocycles. The molecule has 4 nitrogen and oxygen atoms in total. The van der Waals surface area contributed by atoms with Gasteiger partial charge in [0.05, 0.1) is 32.7 Å². The fraction of sp³-hybridized carbons (Fsp3) is 0.192. The van der Waals surface area contributed by atoms with Gasteiger partial charge >= 0.3 is 0 Å². The van der Waals surface area contributed by atoms with E-state index in [-0.39, 0.29) is 6.10 Å². The van der Waals surface area contributed by atoms with Crippen molar-refractivity contribution in [1.82, 2.24) is 9.55 Å². The van der Waals surface area contributed by atoms with Crippen LogP contribution in [0.3, 0.4) is 0 Å². The summed E-state index contributed by atoms with van der Waals surface area (Å²) in [5.74, 6) is 0. The Kier molecular flexibility index (Phi) is 7.97. The molecule has 3 aromatic carbocycles. The third-order valence-electron chi connectivity index (χ3n) is 5.12. The topological polar surface area (TPSA) is 36.3 Å². The van der Waals surface area contributed by atoms with Crippen molar-refractivity contribution in [2.75, 3.05) is 13.2 Å². The van der Waals surface area contributed by atoms with Gasteiger partial charge in [-0.15, -0.1) is 0 Å². The van der Waals surface area contributed by atoms with Crippen LogP contribution < -0.4 is 0 Å². The number of imidazole rings is 1. The highest BCUT2D eigenvalue weighted by Crippen LogP contribution is 2.29. The summed E-state index contributed by atoms with van der Waals surface area (Å²) in [7, 11) is 0. The van der Waals surface area contributed by atoms with E-state index in [0.717, 1.165) is 11.1 Å². The highest BCUT2D eigenvalue weighted by atomic mass is 35.5. The monoisotopic (exact) mass is 466 g/mol. The molecule has 1 unspecified atom stereocenters. The molecule has 0 aliphatic heterocycles. The van der Waals surface area contributed by atoms with Crippen molar-refractivity contribution in [3.8, 4) is 11.1 Å². The van der Waals surface area contributed by atoms with Crippen molar-refractivity contribution in [3.05, 3.63) is 113 Å². The summed E-state index contributed by atoms with van der Waals surface area (Å²) in [6.45, 7) is 2.06. The van der Waals surface area contributed by atoms with Crippen LogP contribution in [0.5, 0.6) is 0 Å². The lowest BCUT2D eigenvalue weighted by atomic mass is 10.0. The summed E-state index contributed by atoms with van der Waals surface area (Å²) in [6, 6.07) is 24.2. The lowest BCUT2D eigenvalue weighted by Gasteiger charge is -2.20. The van der Waals surface area contributed by atoms with Gasteiger partial charge < -0.3 is 14.0 Å². The van der Waals surface area contributed by atoms with Gasteiger partial charge in [-0.2, -0.15) is 0 Å². The summed E-state index contributed by atoms with van der Waals surface area (Å²) >= 11 is 12.5. The molecule has 32 heavy (non-hydrogen) atoms. The SMILES string of the molecule is Clc1ccc(C(Cn2ccnc2)OCCOCc2ccc(-c3ccccc3)cc2)c(Cl)c1. The molecule has 0 aliphatic carbocycles. The molecule has 1 atom stereocenters. The number of aromatic nitrogens is 2. The Hall–Kier alpha value is -2.63. The van der Waals surface area contributed by atoms with Gasteiger partial charge in [-0.25, -0.2) is 4.98 Å². The fourth-order valence-corrected chi connectivity index (χ4v) is 3.98. The first kappa shape index (κ1) is 22.6. The molecule has 0 spiro atoms. The largest absolute Gasteiger partial charge is 0.374 e. The maximum Gasteiger partial charge on any atom is 0.102 e. The van der Waals surface area contributed by atoms with E-state index in [1.165, 1.54) is 11.1 Å². The van der Waals surface area contributed by atoms with E-state index in [4.69, 9.17) is 32.7 Å². The van der Waals surface area contributed by atoms with Crippen molar-refractivity contribution in [2.24, 2.45) is 0 Å². The molecule has 0 saturated carbocycles. The number of halogens is 2. The van der Waals surface area contributed by atoms with E-state index in [1.54, 1.807) is 18.6 Å². The number of ether oxygens (including phenoxy) is 2. The third-order valence-corrected chi connectivity index (χ3v) is 5.68. The van der Waals surface area contributed by atoms with Gasteiger partial charge in [0.15, 0.2) is 0 Å². The Balaban J connectivity index is 1.29. The Morgan fingerprint density at radius 1 is 0.875 bits per heavy atom. The molecular formula is C26H24Cl2N2O2. The molecule has 0 radical (unpaired) electrons. The number of rotatable bonds is 10. The van der Waals surface area contributed by atoms with Crippen LogP contribution in [-0.2, 0) is 22.6 Å². The zero-order chi connectivity index (χ0) is 22.2. The molecule has 4 aromatic rings. The minimum absolute atomic E-state index is 0.234. The summed E-state index contributed by atoms with van der Waals surface area (Å²) in [6.07, 6.45) is 5.17. The second kappa shape index (κ2) is 11.3. The average Bonchev–Trinajstić information content (AvgIpc) is 3.32. The summed E-state index contributed by atoms with van der Waals surface area (Å²) in [5, 5.41) is 1.18. The second-order valence-electron chi connectivity index (χ2n) is 7.40. The van der Waals surface area contributed by atoms with E-state index in [1.807, 2.05) is 41.1 Å². The van der Waals surface area contributed by atoms with E-state index >= 15 is 0 Å². The molecule has 0 aliphatic rings. The highest BCUT2D eigenvalue weighted by molar-refractivity contribution is 6.35. The summed E-state index contributed by atoms with van der Waals surface area (Å²) in [5.41, 5.74) is 4.42. The maximum atomic E-state index is 6.42. The van der Waals surface area contributed by atoms with Gasteiger partial charge in [-0.3, -0.25) is 0 Å². The first-order valence-electron chi connectivity index (χ1n) is 10.4. The van der Waals surface area contributed by atoms with E-state index < -0.39 is 0 Å². The maximum absolute atomic E-state index is 6.42. The molecule has 0 amide bonds. The van der Waals surface area contributed by atoms with E-state index in [9.17, 15) is 0 Å². The van der Waals surface area contributed by atoms with Crippen molar-refractivity contribution >= 4 is 23.2 Å². The molecule has 6 heteroatoms. The molecule has 1 heterocycles. The van der Waals surface area contributed by atoms with Crippen LogP contribution in [0.25, 0.3) is 11.1 Å². The van der Waals surface area contributed by atoms with Crippen LogP contribution in [0.1, 0.15) is 17.2 Å². The normalized spacial score (nSPS) is 12.1. The molecule has 0 bridgehead atoms. The quantitative estimate of drug-likeness (QED) is 0.240. The zero-order valence-corrected chi connectivity index (χ0v) is 19.0. The number of nitrogens with zero attached hydrogens (tertiary/aromatic N) is 2. The van der Waals surface area contributed by atoms with Crippen LogP contribution in [0, 0.1) is 0 Å². The van der Waals surface area contributed by atoms with Gasteiger partial charge in [0.2, 0.25) is 0 Å². The minimum atomic E-state index is -0.234. The van der Waals surface area contributed by atoms with Crippen LogP contribution in [0.4, 0.5) is 0 Å². The van der Waals surface area contributed by atoms with Crippen molar-refractivity contribution < 1.29 is 9.47 Å². The predicted molar refractivity (Wildman–Crippen MR) is 129 cm³/mol. The molecule has 164 valence electrons. The lowest BCUT2D eigenvalue weighted by molar-refractivity contribution is -0.00751. The first-order chi connectivity index (χ1) is 15.7. The molecule has 0 N–H and O–H groups in total.